The van der Waals surface area contributed by atoms with E-state index in [0.717, 1.165) is 52.1 Å². The van der Waals surface area contributed by atoms with Crippen molar-refractivity contribution in [1.82, 2.24) is 20.2 Å². The minimum absolute atomic E-state index is 0.167. The highest BCUT2D eigenvalue weighted by Gasteiger charge is 2.31. The molecule has 2 aromatic heterocycles. The topological polar surface area (TPSA) is 125 Å². The summed E-state index contributed by atoms with van der Waals surface area (Å²) in [7, 11) is 0. The summed E-state index contributed by atoms with van der Waals surface area (Å²) in [6.45, 7) is 1.51. The number of nitrogens with one attached hydrogen (secondary N) is 3. The number of rotatable bonds is 7. The van der Waals surface area contributed by atoms with Crippen molar-refractivity contribution in [1.29, 1.82) is 0 Å². The first kappa shape index (κ1) is 26.4. The number of carbonyl (C=O) groups is 3. The maximum absolute atomic E-state index is 13.3. The third kappa shape index (κ3) is 5.66. The first-order valence-corrected chi connectivity index (χ1v) is 13.1. The van der Waals surface area contributed by atoms with E-state index in [4.69, 9.17) is 10.2 Å². The standard InChI is InChI=1S/C27H25F2N5O4S/c1-14(30-23(35)11-15-9-17(28)12-18(29)10-15)25(36)31-19-7-5-16(6-8-19)21-13-34-24-20(26(37)33-38)3-2-4-22(24)39-27(34)32-21/h5-10,12-14,20,38H,2-4,11H2,1H3,(H,30,35)(H,31,36)(H,33,37)/t14-,20?/m0/s1. The number of anilines is 1. The molecule has 202 valence electrons. The summed E-state index contributed by atoms with van der Waals surface area (Å²) in [6.07, 6.45) is 3.98. The molecular weight excluding hydrogens is 528 g/mol. The van der Waals surface area contributed by atoms with E-state index in [1.54, 1.807) is 29.7 Å². The smallest absolute Gasteiger partial charge is 0.252 e. The van der Waals surface area contributed by atoms with E-state index < -0.39 is 41.3 Å². The Morgan fingerprint density at radius 2 is 1.87 bits per heavy atom. The zero-order valence-corrected chi connectivity index (χ0v) is 21.6. The molecule has 0 bridgehead atoms. The van der Waals surface area contributed by atoms with Gasteiger partial charge in [0, 0.05) is 28.4 Å². The van der Waals surface area contributed by atoms with E-state index in [2.05, 4.69) is 10.6 Å². The number of aryl methyl sites for hydroxylation is 1. The molecular formula is C27H25F2N5O4S. The van der Waals surface area contributed by atoms with E-state index in [-0.39, 0.29) is 12.0 Å². The average molecular weight is 554 g/mol. The Morgan fingerprint density at radius 1 is 1.15 bits per heavy atom. The largest absolute Gasteiger partial charge is 0.344 e. The van der Waals surface area contributed by atoms with Gasteiger partial charge in [-0.15, -0.1) is 11.3 Å². The number of imidazole rings is 1. The molecule has 1 aliphatic carbocycles. The number of fused-ring (bicyclic) bond motifs is 3. The lowest BCUT2D eigenvalue weighted by Gasteiger charge is -2.20. The van der Waals surface area contributed by atoms with Crippen molar-refractivity contribution < 1.29 is 28.4 Å². The van der Waals surface area contributed by atoms with Gasteiger partial charge in [-0.25, -0.2) is 19.2 Å². The highest BCUT2D eigenvalue weighted by atomic mass is 32.1. The van der Waals surface area contributed by atoms with Gasteiger partial charge in [-0.2, -0.15) is 0 Å². The highest BCUT2D eigenvalue weighted by molar-refractivity contribution is 7.17. The summed E-state index contributed by atoms with van der Waals surface area (Å²) in [4.78, 5) is 43.6. The van der Waals surface area contributed by atoms with Gasteiger partial charge in [-0.05, 0) is 56.0 Å². The van der Waals surface area contributed by atoms with Crippen LogP contribution in [-0.4, -0.2) is 38.4 Å². The van der Waals surface area contributed by atoms with Gasteiger partial charge in [0.05, 0.1) is 23.7 Å². The monoisotopic (exact) mass is 553 g/mol. The molecule has 1 aliphatic rings. The van der Waals surface area contributed by atoms with Crippen molar-refractivity contribution in [3.05, 3.63) is 76.4 Å². The molecule has 39 heavy (non-hydrogen) atoms. The molecule has 3 amide bonds. The molecule has 2 heterocycles. The lowest BCUT2D eigenvalue weighted by Crippen LogP contribution is -2.42. The molecule has 2 aromatic carbocycles. The van der Waals surface area contributed by atoms with E-state index in [9.17, 15) is 23.2 Å². The molecule has 5 rings (SSSR count). The molecule has 4 N–H and O–H groups in total. The number of amides is 3. The maximum Gasteiger partial charge on any atom is 0.252 e. The molecule has 12 heteroatoms. The summed E-state index contributed by atoms with van der Waals surface area (Å²) < 4.78 is 28.6. The third-order valence-electron chi connectivity index (χ3n) is 6.59. The molecule has 0 fully saturated rings. The minimum atomic E-state index is -0.884. The number of thiazole rings is 1. The lowest BCUT2D eigenvalue weighted by molar-refractivity contribution is -0.131. The number of hydrogen-bond acceptors (Lipinski definition) is 6. The van der Waals surface area contributed by atoms with Crippen LogP contribution in [0.15, 0.2) is 48.7 Å². The molecule has 2 atom stereocenters. The Labute approximate surface area is 225 Å². The second-order valence-electron chi connectivity index (χ2n) is 9.42. The Kier molecular flexibility index (Phi) is 7.40. The summed E-state index contributed by atoms with van der Waals surface area (Å²) in [5, 5.41) is 14.4. The zero-order valence-electron chi connectivity index (χ0n) is 20.8. The number of aromatic nitrogens is 2. The van der Waals surface area contributed by atoms with Crippen molar-refractivity contribution in [2.24, 2.45) is 0 Å². The molecule has 0 aliphatic heterocycles. The van der Waals surface area contributed by atoms with Crippen molar-refractivity contribution in [2.45, 2.75) is 44.6 Å². The number of hydroxylamine groups is 1. The van der Waals surface area contributed by atoms with Gasteiger partial charge in [0.15, 0.2) is 4.96 Å². The first-order valence-electron chi connectivity index (χ1n) is 12.3. The number of hydrogen-bond donors (Lipinski definition) is 4. The fourth-order valence-corrected chi connectivity index (χ4v) is 5.96. The lowest BCUT2D eigenvalue weighted by atomic mass is 9.90. The maximum atomic E-state index is 13.3. The average Bonchev–Trinajstić information content (AvgIpc) is 3.46. The van der Waals surface area contributed by atoms with Gasteiger partial charge >= 0.3 is 0 Å². The molecule has 9 nitrogen and oxygen atoms in total. The van der Waals surface area contributed by atoms with Gasteiger partial charge in [0.1, 0.15) is 17.7 Å². The predicted molar refractivity (Wildman–Crippen MR) is 140 cm³/mol. The molecule has 0 spiro atoms. The van der Waals surface area contributed by atoms with E-state index in [1.165, 1.54) is 18.3 Å². The van der Waals surface area contributed by atoms with E-state index in [1.807, 2.05) is 10.6 Å². The Morgan fingerprint density at radius 3 is 2.56 bits per heavy atom. The van der Waals surface area contributed by atoms with Gasteiger partial charge < -0.3 is 10.6 Å². The van der Waals surface area contributed by atoms with Gasteiger partial charge in [0.2, 0.25) is 11.8 Å². The van der Waals surface area contributed by atoms with Gasteiger partial charge in [-0.3, -0.25) is 24.0 Å². The van der Waals surface area contributed by atoms with E-state index in [0.29, 0.717) is 17.8 Å². The SMILES string of the molecule is C[C@H](NC(=O)Cc1cc(F)cc(F)c1)C(=O)Nc1ccc(-c2cn3c4c(sc3n2)CCCC4C(=O)NO)cc1. The molecule has 1 unspecified atom stereocenters. The summed E-state index contributed by atoms with van der Waals surface area (Å²) in [6, 6.07) is 8.99. The molecule has 0 saturated heterocycles. The number of halogens is 2. The van der Waals surface area contributed by atoms with Crippen molar-refractivity contribution in [3.8, 4) is 11.3 Å². The Hall–Kier alpha value is -4.16. The Balaban J connectivity index is 1.23. The second kappa shape index (κ2) is 10.9. The van der Waals surface area contributed by atoms with Crippen molar-refractivity contribution in [2.75, 3.05) is 5.32 Å². The normalized spacial score (nSPS) is 15.4. The van der Waals surface area contributed by atoms with Crippen LogP contribution in [0.4, 0.5) is 14.5 Å². The van der Waals surface area contributed by atoms with Crippen LogP contribution in [0, 0.1) is 11.6 Å². The highest BCUT2D eigenvalue weighted by Crippen LogP contribution is 2.38. The summed E-state index contributed by atoms with van der Waals surface area (Å²) >= 11 is 1.53. The van der Waals surface area contributed by atoms with Gasteiger partial charge in [0.25, 0.3) is 5.91 Å². The second-order valence-corrected chi connectivity index (χ2v) is 10.5. The van der Waals surface area contributed by atoms with Crippen LogP contribution in [0.5, 0.6) is 0 Å². The summed E-state index contributed by atoms with van der Waals surface area (Å²) in [5.74, 6) is -3.42. The van der Waals surface area contributed by atoms with Crippen LogP contribution in [0.2, 0.25) is 0 Å². The fraction of sp³-hybridized carbons (Fsp3) is 0.259. The van der Waals surface area contributed by atoms with Crippen LogP contribution < -0.4 is 16.1 Å². The van der Waals surface area contributed by atoms with Crippen LogP contribution >= 0.6 is 11.3 Å². The minimum Gasteiger partial charge on any atom is -0.344 e. The van der Waals surface area contributed by atoms with Crippen molar-refractivity contribution >= 4 is 39.7 Å². The predicted octanol–water partition coefficient (Wildman–Crippen LogP) is 3.95. The zero-order chi connectivity index (χ0) is 27.7. The number of nitrogens with zero attached hydrogens (tertiary/aromatic N) is 2. The third-order valence-corrected chi connectivity index (χ3v) is 7.72. The van der Waals surface area contributed by atoms with Crippen LogP contribution in [-0.2, 0) is 27.2 Å². The van der Waals surface area contributed by atoms with Gasteiger partial charge in [-0.1, -0.05) is 12.1 Å². The molecule has 4 aromatic rings. The fourth-order valence-electron chi connectivity index (χ4n) is 4.75. The van der Waals surface area contributed by atoms with E-state index >= 15 is 0 Å². The number of benzene rings is 2. The molecule has 0 saturated carbocycles. The first-order chi connectivity index (χ1) is 18.7. The van der Waals surface area contributed by atoms with Crippen LogP contribution in [0.25, 0.3) is 16.2 Å². The number of carbonyl (C=O) groups excluding carboxylic acids is 3. The van der Waals surface area contributed by atoms with Crippen LogP contribution in [0.1, 0.15) is 41.8 Å². The van der Waals surface area contributed by atoms with Crippen molar-refractivity contribution in [3.63, 3.8) is 0 Å². The molecule has 0 radical (unpaired) electrons. The Bertz CT molecular complexity index is 1550. The quantitative estimate of drug-likeness (QED) is 0.204. The summed E-state index contributed by atoms with van der Waals surface area (Å²) in [5.41, 5.74) is 4.81. The van der Waals surface area contributed by atoms with Crippen LogP contribution in [0.3, 0.4) is 0 Å².